The standard InChI is InChI=1S/C18H15FN4O2S2/c19-11-6-4-10(5-7-11)16(25)23-22-14(24)8-26-17-15-12-2-1-3-13(12)27-18(15)21-9-20-17/h4-7,9H,1-3,8H2,(H,22,24)(H,23,25). The van der Waals surface area contributed by atoms with Crippen LogP contribution in [0.5, 0.6) is 0 Å². The van der Waals surface area contributed by atoms with Crippen LogP contribution in [0.15, 0.2) is 35.6 Å². The van der Waals surface area contributed by atoms with Gasteiger partial charge in [0.25, 0.3) is 5.91 Å². The number of hydrogen-bond donors (Lipinski definition) is 2. The van der Waals surface area contributed by atoms with E-state index in [1.165, 1.54) is 52.8 Å². The molecule has 0 unspecified atom stereocenters. The number of carbonyl (C=O) groups excluding carboxylic acids is 2. The number of benzene rings is 1. The van der Waals surface area contributed by atoms with Gasteiger partial charge in [0.05, 0.1) is 5.75 Å². The first-order valence-electron chi connectivity index (χ1n) is 8.34. The number of aromatic nitrogens is 2. The Morgan fingerprint density at radius 2 is 1.96 bits per heavy atom. The smallest absolute Gasteiger partial charge is 0.269 e. The highest BCUT2D eigenvalue weighted by atomic mass is 32.2. The van der Waals surface area contributed by atoms with E-state index >= 15 is 0 Å². The number of carbonyl (C=O) groups is 2. The molecule has 0 atom stereocenters. The third-order valence-corrected chi connectivity index (χ3v) is 6.42. The van der Waals surface area contributed by atoms with Crippen molar-refractivity contribution in [1.29, 1.82) is 0 Å². The van der Waals surface area contributed by atoms with Gasteiger partial charge in [-0.05, 0) is 49.1 Å². The summed E-state index contributed by atoms with van der Waals surface area (Å²) in [6, 6.07) is 5.07. The van der Waals surface area contributed by atoms with Crippen molar-refractivity contribution >= 4 is 45.1 Å². The first-order chi connectivity index (χ1) is 13.1. The Morgan fingerprint density at radius 3 is 2.78 bits per heavy atom. The molecule has 0 saturated heterocycles. The van der Waals surface area contributed by atoms with Crippen LogP contribution in [-0.4, -0.2) is 27.5 Å². The molecule has 2 N–H and O–H groups in total. The topological polar surface area (TPSA) is 84.0 Å². The maximum absolute atomic E-state index is 12.9. The highest BCUT2D eigenvalue weighted by Crippen LogP contribution is 2.39. The Bertz CT molecular complexity index is 1020. The number of thioether (sulfide) groups is 1. The van der Waals surface area contributed by atoms with Gasteiger partial charge in [0.1, 0.15) is 22.0 Å². The number of fused-ring (bicyclic) bond motifs is 3. The van der Waals surface area contributed by atoms with Gasteiger partial charge in [-0.25, -0.2) is 14.4 Å². The second-order valence-electron chi connectivity index (χ2n) is 6.01. The molecule has 6 nitrogen and oxygen atoms in total. The maximum atomic E-state index is 12.9. The van der Waals surface area contributed by atoms with Gasteiger partial charge in [-0.1, -0.05) is 11.8 Å². The summed E-state index contributed by atoms with van der Waals surface area (Å²) >= 11 is 3.02. The van der Waals surface area contributed by atoms with Crippen LogP contribution in [0.1, 0.15) is 27.2 Å². The monoisotopic (exact) mass is 402 g/mol. The van der Waals surface area contributed by atoms with Crippen molar-refractivity contribution in [2.75, 3.05) is 5.75 Å². The van der Waals surface area contributed by atoms with Gasteiger partial charge in [-0.15, -0.1) is 11.3 Å². The molecule has 0 bridgehead atoms. The molecule has 1 aromatic carbocycles. The summed E-state index contributed by atoms with van der Waals surface area (Å²) in [5.41, 5.74) is 6.26. The molecule has 4 rings (SSSR count). The van der Waals surface area contributed by atoms with E-state index in [1.54, 1.807) is 11.3 Å². The van der Waals surface area contributed by atoms with Crippen LogP contribution >= 0.6 is 23.1 Å². The lowest BCUT2D eigenvalue weighted by Crippen LogP contribution is -2.42. The fourth-order valence-electron chi connectivity index (χ4n) is 2.98. The van der Waals surface area contributed by atoms with Gasteiger partial charge in [-0.2, -0.15) is 0 Å². The number of nitrogens with zero attached hydrogens (tertiary/aromatic N) is 2. The third-order valence-electron chi connectivity index (χ3n) is 4.23. The summed E-state index contributed by atoms with van der Waals surface area (Å²) in [6.07, 6.45) is 4.77. The largest absolute Gasteiger partial charge is 0.272 e. The van der Waals surface area contributed by atoms with E-state index in [2.05, 4.69) is 20.8 Å². The molecule has 2 heterocycles. The molecule has 138 valence electrons. The number of halogens is 1. The number of aryl methyl sites for hydroxylation is 2. The van der Waals surface area contributed by atoms with Gasteiger partial charge < -0.3 is 0 Å². The summed E-state index contributed by atoms with van der Waals surface area (Å²) < 4.78 is 12.9. The fourth-order valence-corrected chi connectivity index (χ4v) is 5.10. The molecule has 1 aliphatic rings. The number of hydrogen-bond acceptors (Lipinski definition) is 6. The van der Waals surface area contributed by atoms with Gasteiger partial charge in [-0.3, -0.25) is 20.4 Å². The molecule has 9 heteroatoms. The Kier molecular flexibility index (Phi) is 5.04. The first-order valence-corrected chi connectivity index (χ1v) is 10.1. The van der Waals surface area contributed by atoms with Crippen molar-refractivity contribution in [2.45, 2.75) is 24.3 Å². The molecule has 27 heavy (non-hydrogen) atoms. The lowest BCUT2D eigenvalue weighted by molar-refractivity contribution is -0.119. The molecule has 2 amide bonds. The van der Waals surface area contributed by atoms with E-state index in [0.29, 0.717) is 0 Å². The Balaban J connectivity index is 1.36. The Morgan fingerprint density at radius 1 is 1.15 bits per heavy atom. The number of thiophene rings is 1. The zero-order valence-electron chi connectivity index (χ0n) is 14.1. The minimum Gasteiger partial charge on any atom is -0.272 e. The zero-order valence-corrected chi connectivity index (χ0v) is 15.8. The summed E-state index contributed by atoms with van der Waals surface area (Å²) in [5, 5.41) is 1.85. The number of amides is 2. The van der Waals surface area contributed by atoms with Crippen molar-refractivity contribution < 1.29 is 14.0 Å². The van der Waals surface area contributed by atoms with E-state index in [-0.39, 0.29) is 17.2 Å². The average Bonchev–Trinajstić information content (AvgIpc) is 3.26. The average molecular weight is 402 g/mol. The fraction of sp³-hybridized carbons (Fsp3) is 0.222. The van der Waals surface area contributed by atoms with E-state index in [9.17, 15) is 14.0 Å². The van der Waals surface area contributed by atoms with E-state index in [4.69, 9.17) is 0 Å². The van der Waals surface area contributed by atoms with Crippen molar-refractivity contribution in [3.05, 3.63) is 52.4 Å². The number of nitrogens with one attached hydrogen (secondary N) is 2. The molecular formula is C18H15FN4O2S2. The van der Waals surface area contributed by atoms with Crippen LogP contribution < -0.4 is 10.9 Å². The summed E-state index contributed by atoms with van der Waals surface area (Å²) in [4.78, 5) is 35.0. The van der Waals surface area contributed by atoms with Crippen LogP contribution in [0, 0.1) is 5.82 Å². The van der Waals surface area contributed by atoms with Crippen LogP contribution in [-0.2, 0) is 17.6 Å². The molecule has 1 aliphatic carbocycles. The highest BCUT2D eigenvalue weighted by molar-refractivity contribution is 8.00. The van der Waals surface area contributed by atoms with Gasteiger partial charge in [0.2, 0.25) is 5.91 Å². The summed E-state index contributed by atoms with van der Waals surface area (Å²) in [6.45, 7) is 0. The minimum atomic E-state index is -0.506. The summed E-state index contributed by atoms with van der Waals surface area (Å²) in [7, 11) is 0. The lowest BCUT2D eigenvalue weighted by atomic mass is 10.2. The third kappa shape index (κ3) is 3.79. The minimum absolute atomic E-state index is 0.112. The van der Waals surface area contributed by atoms with E-state index in [1.807, 2.05) is 0 Å². The molecule has 2 aromatic heterocycles. The number of rotatable bonds is 4. The maximum Gasteiger partial charge on any atom is 0.269 e. The molecule has 3 aromatic rings. The first kappa shape index (κ1) is 17.9. The second-order valence-corrected chi connectivity index (χ2v) is 8.06. The molecular weight excluding hydrogens is 387 g/mol. The molecule has 0 spiro atoms. The second kappa shape index (κ2) is 7.61. The highest BCUT2D eigenvalue weighted by Gasteiger charge is 2.21. The van der Waals surface area contributed by atoms with Crippen molar-refractivity contribution in [3.63, 3.8) is 0 Å². The van der Waals surface area contributed by atoms with Gasteiger partial charge in [0, 0.05) is 15.8 Å². The number of hydrazine groups is 1. The van der Waals surface area contributed by atoms with Crippen LogP contribution in [0.4, 0.5) is 4.39 Å². The summed E-state index contributed by atoms with van der Waals surface area (Å²) in [5.74, 6) is -1.17. The molecule has 0 saturated carbocycles. The zero-order chi connectivity index (χ0) is 18.8. The molecule has 0 fully saturated rings. The van der Waals surface area contributed by atoms with Gasteiger partial charge in [0.15, 0.2) is 0 Å². The van der Waals surface area contributed by atoms with Crippen LogP contribution in [0.2, 0.25) is 0 Å². The Hall–Kier alpha value is -2.52. The normalized spacial score (nSPS) is 12.8. The van der Waals surface area contributed by atoms with E-state index in [0.717, 1.165) is 34.5 Å². The van der Waals surface area contributed by atoms with Gasteiger partial charge >= 0.3 is 0 Å². The SMILES string of the molecule is O=C(CSc1ncnc2sc3c(c12)CCC3)NNC(=O)c1ccc(F)cc1. The molecule has 0 aliphatic heterocycles. The predicted molar refractivity (Wildman–Crippen MR) is 102 cm³/mol. The Labute approximate surface area is 162 Å². The van der Waals surface area contributed by atoms with E-state index < -0.39 is 11.7 Å². The van der Waals surface area contributed by atoms with Crippen molar-refractivity contribution in [1.82, 2.24) is 20.8 Å². The lowest BCUT2D eigenvalue weighted by Gasteiger charge is -2.08. The molecule has 0 radical (unpaired) electrons. The quantitative estimate of drug-likeness (QED) is 0.398. The van der Waals surface area contributed by atoms with Crippen molar-refractivity contribution in [2.24, 2.45) is 0 Å². The van der Waals surface area contributed by atoms with Crippen LogP contribution in [0.3, 0.4) is 0 Å². The predicted octanol–water partition coefficient (Wildman–Crippen LogP) is 2.87. The van der Waals surface area contributed by atoms with Crippen LogP contribution in [0.25, 0.3) is 10.2 Å². The van der Waals surface area contributed by atoms with Crippen molar-refractivity contribution in [3.8, 4) is 0 Å².